The maximum absolute atomic E-state index is 2.57. The summed E-state index contributed by atoms with van der Waals surface area (Å²) in [6.45, 7) is 4.71. The van der Waals surface area contributed by atoms with Crippen molar-refractivity contribution in [3.05, 3.63) is 35.4 Å². The number of benzene rings is 1. The van der Waals surface area contributed by atoms with Crippen molar-refractivity contribution in [2.75, 3.05) is 0 Å². The third-order valence-electron chi connectivity index (χ3n) is 9.77. The second kappa shape index (κ2) is 11.0. The molecule has 0 aliphatic heterocycles. The Bertz CT molecular complexity index is 569. The summed E-state index contributed by atoms with van der Waals surface area (Å²) < 4.78 is 0. The van der Waals surface area contributed by atoms with Crippen LogP contribution < -0.4 is 0 Å². The maximum atomic E-state index is 2.57. The van der Waals surface area contributed by atoms with E-state index in [1.807, 2.05) is 0 Å². The Hall–Kier alpha value is -0.350. The molecule has 1 unspecified atom stereocenters. The van der Waals surface area contributed by atoms with Gasteiger partial charge in [-0.2, -0.15) is 0 Å². The van der Waals surface area contributed by atoms with Crippen LogP contribution in [0.15, 0.2) is 24.3 Å². The Balaban J connectivity index is 1.68. The summed E-state index contributed by atoms with van der Waals surface area (Å²) in [6.07, 6.45) is 26.0. The minimum atomic E-state index is -1.39. The van der Waals surface area contributed by atoms with Crippen LogP contribution in [0, 0.1) is 0 Å². The van der Waals surface area contributed by atoms with Gasteiger partial charge in [0.2, 0.25) is 0 Å². The van der Waals surface area contributed by atoms with Gasteiger partial charge < -0.3 is 0 Å². The van der Waals surface area contributed by atoms with Crippen LogP contribution in [0.4, 0.5) is 0 Å². The molecule has 3 fully saturated rings. The first-order valence-electron chi connectivity index (χ1n) is 13.8. The minimum absolute atomic E-state index is 0.705. The monoisotopic (exact) mass is 428 g/mol. The molecule has 3 aliphatic rings. The molecular formula is C29H49P. The Kier molecular flexibility index (Phi) is 8.36. The van der Waals surface area contributed by atoms with Crippen molar-refractivity contribution in [1.82, 2.24) is 0 Å². The molecule has 1 atom stereocenters. The molecule has 0 spiro atoms. The first kappa shape index (κ1) is 22.8. The van der Waals surface area contributed by atoms with Crippen LogP contribution >= 0.6 is 7.26 Å². The molecule has 0 bridgehead atoms. The van der Waals surface area contributed by atoms with E-state index in [1.165, 1.54) is 70.4 Å². The van der Waals surface area contributed by atoms with E-state index in [1.54, 1.807) is 49.7 Å². The summed E-state index contributed by atoms with van der Waals surface area (Å²) >= 11 is 0. The molecule has 0 heterocycles. The molecule has 30 heavy (non-hydrogen) atoms. The number of hydrogen-bond acceptors (Lipinski definition) is 0. The summed E-state index contributed by atoms with van der Waals surface area (Å²) in [6, 6.07) is 10.1. The molecule has 0 saturated heterocycles. The molecule has 0 N–H and O–H groups in total. The summed E-state index contributed by atoms with van der Waals surface area (Å²) in [7, 11) is -1.39. The van der Waals surface area contributed by atoms with Gasteiger partial charge in [-0.25, -0.2) is 0 Å². The summed E-state index contributed by atoms with van der Waals surface area (Å²) in [4.78, 5) is 0. The van der Waals surface area contributed by atoms with Gasteiger partial charge in [-0.1, -0.05) is 0 Å². The molecule has 3 aliphatic carbocycles. The predicted octanol–water partition coefficient (Wildman–Crippen LogP) is 9.45. The SMILES string of the molecule is CCC(C)c1ccc(C[PH](C2CCCCC2)(C2CCCCC2)C2CCCCC2)cc1. The van der Waals surface area contributed by atoms with Gasteiger partial charge in [-0.15, -0.1) is 0 Å². The standard InChI is InChI=1S/C29H49P/c1-3-24(2)26-21-19-25(20-22-26)23-30(27-13-7-4-8-14-27,28-15-9-5-10-16-28)29-17-11-6-12-18-29/h19-22,24,27-30H,3-18,23H2,1-2H3. The van der Waals surface area contributed by atoms with Crippen molar-refractivity contribution in [3.8, 4) is 0 Å². The van der Waals surface area contributed by atoms with E-state index in [4.69, 9.17) is 0 Å². The normalized spacial score (nSPS) is 24.6. The molecule has 0 aromatic heterocycles. The predicted molar refractivity (Wildman–Crippen MR) is 138 cm³/mol. The Morgan fingerprint density at radius 2 is 1.07 bits per heavy atom. The molecule has 1 aromatic carbocycles. The van der Waals surface area contributed by atoms with E-state index in [9.17, 15) is 0 Å². The molecule has 0 amide bonds. The van der Waals surface area contributed by atoms with Crippen LogP contribution in [-0.4, -0.2) is 17.0 Å². The van der Waals surface area contributed by atoms with E-state index < -0.39 is 7.26 Å². The Labute approximate surface area is 188 Å². The fourth-order valence-corrected chi connectivity index (χ4v) is 16.2. The van der Waals surface area contributed by atoms with Gasteiger partial charge in [0.05, 0.1) is 0 Å². The fourth-order valence-electron chi connectivity index (χ4n) is 7.91. The molecule has 4 rings (SSSR count). The van der Waals surface area contributed by atoms with E-state index >= 15 is 0 Å². The van der Waals surface area contributed by atoms with Gasteiger partial charge in [0.25, 0.3) is 0 Å². The van der Waals surface area contributed by atoms with Gasteiger partial charge in [0, 0.05) is 0 Å². The summed E-state index contributed by atoms with van der Waals surface area (Å²) in [5.41, 5.74) is 6.67. The summed E-state index contributed by atoms with van der Waals surface area (Å²) in [5, 5.41) is 0. The quantitative estimate of drug-likeness (QED) is 0.379. The van der Waals surface area contributed by atoms with Crippen LogP contribution in [0.1, 0.15) is 134 Å². The third kappa shape index (κ3) is 5.00. The fraction of sp³-hybridized carbons (Fsp3) is 0.793. The second-order valence-corrected chi connectivity index (χ2v) is 16.4. The van der Waals surface area contributed by atoms with Crippen molar-refractivity contribution in [2.45, 2.75) is 146 Å². The van der Waals surface area contributed by atoms with Crippen LogP contribution in [0.2, 0.25) is 0 Å². The van der Waals surface area contributed by atoms with E-state index in [2.05, 4.69) is 38.1 Å². The van der Waals surface area contributed by atoms with Crippen LogP contribution in [0.5, 0.6) is 0 Å². The van der Waals surface area contributed by atoms with E-state index in [-0.39, 0.29) is 0 Å². The van der Waals surface area contributed by atoms with Gasteiger partial charge in [-0.05, 0) is 0 Å². The molecule has 1 aromatic rings. The van der Waals surface area contributed by atoms with Crippen LogP contribution in [0.25, 0.3) is 0 Å². The van der Waals surface area contributed by atoms with Crippen molar-refractivity contribution < 1.29 is 0 Å². The zero-order valence-electron chi connectivity index (χ0n) is 20.1. The van der Waals surface area contributed by atoms with Gasteiger partial charge in [0.1, 0.15) is 0 Å². The first-order valence-corrected chi connectivity index (χ1v) is 16.3. The van der Waals surface area contributed by atoms with Crippen molar-refractivity contribution in [3.63, 3.8) is 0 Å². The van der Waals surface area contributed by atoms with Crippen molar-refractivity contribution in [2.24, 2.45) is 0 Å². The Morgan fingerprint density at radius 1 is 0.667 bits per heavy atom. The average Bonchev–Trinajstić information content (AvgIpc) is 2.84. The average molecular weight is 429 g/mol. The van der Waals surface area contributed by atoms with E-state index in [0.717, 1.165) is 17.0 Å². The second-order valence-electron chi connectivity index (χ2n) is 11.3. The first-order chi connectivity index (χ1) is 14.7. The molecule has 0 nitrogen and oxygen atoms in total. The molecule has 3 saturated carbocycles. The summed E-state index contributed by atoms with van der Waals surface area (Å²) in [5.74, 6) is 0.705. The number of rotatable bonds is 7. The third-order valence-corrected chi connectivity index (χ3v) is 17.1. The molecule has 1 heteroatoms. The molecule has 170 valence electrons. The zero-order valence-corrected chi connectivity index (χ0v) is 21.1. The van der Waals surface area contributed by atoms with Gasteiger partial charge in [-0.3, -0.25) is 0 Å². The topological polar surface area (TPSA) is 0 Å². The van der Waals surface area contributed by atoms with Crippen LogP contribution in [-0.2, 0) is 6.16 Å². The van der Waals surface area contributed by atoms with Crippen LogP contribution in [0.3, 0.4) is 0 Å². The van der Waals surface area contributed by atoms with Crippen molar-refractivity contribution in [1.29, 1.82) is 0 Å². The zero-order chi connectivity index (χ0) is 20.8. The van der Waals surface area contributed by atoms with Crippen molar-refractivity contribution >= 4 is 7.26 Å². The molecule has 0 radical (unpaired) electrons. The molecular weight excluding hydrogens is 379 g/mol. The van der Waals surface area contributed by atoms with Gasteiger partial charge in [0.15, 0.2) is 0 Å². The van der Waals surface area contributed by atoms with E-state index in [0.29, 0.717) is 5.92 Å². The van der Waals surface area contributed by atoms with Gasteiger partial charge >= 0.3 is 188 Å². The number of hydrogen-bond donors (Lipinski definition) is 0. The Morgan fingerprint density at radius 3 is 1.43 bits per heavy atom.